The van der Waals surface area contributed by atoms with E-state index in [0.29, 0.717) is 6.42 Å². The molecular formula is C7H11O3. The molecule has 0 unspecified atom stereocenters. The molecule has 0 N–H and O–H groups in total. The van der Waals surface area contributed by atoms with Gasteiger partial charge in [-0.15, -0.1) is 0 Å². The Morgan fingerprint density at radius 2 is 2.30 bits per heavy atom. The highest BCUT2D eigenvalue weighted by Crippen LogP contribution is 1.90. The van der Waals surface area contributed by atoms with Crippen LogP contribution in [-0.2, 0) is 14.3 Å². The topological polar surface area (TPSA) is 43.4 Å². The van der Waals surface area contributed by atoms with Crippen molar-refractivity contribution in [1.82, 2.24) is 0 Å². The smallest absolute Gasteiger partial charge is 0.305 e. The molecule has 0 aromatic rings. The van der Waals surface area contributed by atoms with Crippen LogP contribution in [0.15, 0.2) is 0 Å². The van der Waals surface area contributed by atoms with E-state index in [1.165, 1.54) is 0 Å². The highest BCUT2D eigenvalue weighted by molar-refractivity contribution is 5.69. The van der Waals surface area contributed by atoms with Crippen molar-refractivity contribution in [2.24, 2.45) is 0 Å². The third-order valence-electron chi connectivity index (χ3n) is 0.921. The van der Waals surface area contributed by atoms with E-state index >= 15 is 0 Å². The van der Waals surface area contributed by atoms with Crippen LogP contribution in [0.1, 0.15) is 26.2 Å². The molecule has 0 aliphatic heterocycles. The molecule has 0 heterocycles. The second kappa shape index (κ2) is 6.26. The average molecular weight is 143 g/mol. The van der Waals surface area contributed by atoms with Gasteiger partial charge in [-0.1, -0.05) is 6.92 Å². The molecule has 10 heavy (non-hydrogen) atoms. The van der Waals surface area contributed by atoms with Crippen molar-refractivity contribution in [2.45, 2.75) is 26.2 Å². The van der Waals surface area contributed by atoms with Crippen LogP contribution in [0.3, 0.4) is 0 Å². The Morgan fingerprint density at radius 3 is 2.80 bits per heavy atom. The summed E-state index contributed by atoms with van der Waals surface area (Å²) in [6, 6.07) is 0. The predicted molar refractivity (Wildman–Crippen MR) is 36.2 cm³/mol. The normalized spacial score (nSPS) is 8.90. The zero-order chi connectivity index (χ0) is 7.82. The molecule has 0 bridgehead atoms. The second-order valence-electron chi connectivity index (χ2n) is 1.86. The van der Waals surface area contributed by atoms with Gasteiger partial charge in [0.1, 0.15) is 0 Å². The summed E-state index contributed by atoms with van der Waals surface area (Å²) in [5.41, 5.74) is 0. The number of hydrogen-bond donors (Lipinski definition) is 0. The van der Waals surface area contributed by atoms with Crippen molar-refractivity contribution in [2.75, 3.05) is 6.61 Å². The van der Waals surface area contributed by atoms with Crippen LogP contribution in [0.25, 0.3) is 0 Å². The first-order valence-electron chi connectivity index (χ1n) is 3.32. The van der Waals surface area contributed by atoms with Gasteiger partial charge in [0.05, 0.1) is 6.61 Å². The fourth-order valence-electron chi connectivity index (χ4n) is 0.483. The molecule has 0 aliphatic rings. The molecule has 0 atom stereocenters. The third kappa shape index (κ3) is 5.28. The van der Waals surface area contributed by atoms with E-state index in [0.717, 1.165) is 6.42 Å². The molecule has 1 radical (unpaired) electrons. The van der Waals surface area contributed by atoms with Crippen LogP contribution >= 0.6 is 0 Å². The van der Waals surface area contributed by atoms with Gasteiger partial charge < -0.3 is 4.74 Å². The molecule has 0 rings (SSSR count). The Kier molecular flexibility index (Phi) is 5.72. The zero-order valence-electron chi connectivity index (χ0n) is 6.05. The lowest BCUT2D eigenvalue weighted by Crippen LogP contribution is -2.04. The van der Waals surface area contributed by atoms with Gasteiger partial charge in [-0.2, -0.15) is 0 Å². The molecule has 0 fully saturated rings. The Hall–Kier alpha value is -0.860. The van der Waals surface area contributed by atoms with Gasteiger partial charge in [0.15, 0.2) is 0 Å². The molecule has 3 heteroatoms. The second-order valence-corrected chi connectivity index (χ2v) is 1.86. The lowest BCUT2D eigenvalue weighted by molar-refractivity contribution is -0.143. The van der Waals surface area contributed by atoms with Crippen molar-refractivity contribution in [3.05, 3.63) is 0 Å². The minimum absolute atomic E-state index is 0.169. The highest BCUT2D eigenvalue weighted by atomic mass is 16.5. The van der Waals surface area contributed by atoms with Crippen LogP contribution in [0.2, 0.25) is 0 Å². The van der Waals surface area contributed by atoms with Gasteiger partial charge in [-0.3, -0.25) is 9.59 Å². The quantitative estimate of drug-likeness (QED) is 0.423. The van der Waals surface area contributed by atoms with Crippen molar-refractivity contribution in [1.29, 1.82) is 0 Å². The molecule has 0 aromatic heterocycles. The van der Waals surface area contributed by atoms with Crippen molar-refractivity contribution >= 4 is 12.3 Å². The van der Waals surface area contributed by atoms with Crippen molar-refractivity contribution in [3.8, 4) is 0 Å². The van der Waals surface area contributed by atoms with Gasteiger partial charge >= 0.3 is 5.97 Å². The van der Waals surface area contributed by atoms with Gasteiger partial charge in [0.2, 0.25) is 6.29 Å². The lowest BCUT2D eigenvalue weighted by atomic mass is 10.3. The molecule has 0 spiro atoms. The maximum Gasteiger partial charge on any atom is 0.305 e. The molecule has 0 saturated heterocycles. The SMILES string of the molecule is CCCC(=O)OCC[C]=O. The standard InChI is InChI=1S/C7H11O3/c1-2-4-7(9)10-6-3-5-8/h2-4,6H2,1H3. The van der Waals surface area contributed by atoms with E-state index in [2.05, 4.69) is 4.74 Å². The van der Waals surface area contributed by atoms with Gasteiger partial charge in [0, 0.05) is 12.8 Å². The summed E-state index contributed by atoms with van der Waals surface area (Å²) >= 11 is 0. The van der Waals surface area contributed by atoms with Crippen LogP contribution < -0.4 is 0 Å². The number of carbonyl (C=O) groups is 1. The van der Waals surface area contributed by atoms with Gasteiger partial charge in [-0.25, -0.2) is 0 Å². The van der Waals surface area contributed by atoms with Crippen LogP contribution in [0.4, 0.5) is 0 Å². The number of ether oxygens (including phenoxy) is 1. The molecule has 0 amide bonds. The van der Waals surface area contributed by atoms with Crippen molar-refractivity contribution < 1.29 is 14.3 Å². The monoisotopic (exact) mass is 143 g/mol. The summed E-state index contributed by atoms with van der Waals surface area (Å²) in [5.74, 6) is -0.238. The molecule has 0 aromatic carbocycles. The maximum atomic E-state index is 10.6. The van der Waals surface area contributed by atoms with Gasteiger partial charge in [0.25, 0.3) is 0 Å². The van der Waals surface area contributed by atoms with Gasteiger partial charge in [-0.05, 0) is 6.42 Å². The van der Waals surface area contributed by atoms with E-state index in [1.807, 2.05) is 6.92 Å². The van der Waals surface area contributed by atoms with E-state index in [1.54, 1.807) is 6.29 Å². The summed E-state index contributed by atoms with van der Waals surface area (Å²) in [5, 5.41) is 0. The Labute approximate surface area is 60.4 Å². The molecule has 0 saturated carbocycles. The molecule has 0 aliphatic carbocycles. The first-order valence-corrected chi connectivity index (χ1v) is 3.32. The summed E-state index contributed by atoms with van der Waals surface area (Å²) in [4.78, 5) is 20.2. The fourth-order valence-corrected chi connectivity index (χ4v) is 0.483. The van der Waals surface area contributed by atoms with Crippen molar-refractivity contribution in [3.63, 3.8) is 0 Å². The van der Waals surface area contributed by atoms with Crippen LogP contribution in [0.5, 0.6) is 0 Å². The first kappa shape index (κ1) is 9.14. The summed E-state index contributed by atoms with van der Waals surface area (Å²) in [6.07, 6.45) is 3.02. The Bertz CT molecular complexity index is 109. The third-order valence-corrected chi connectivity index (χ3v) is 0.921. The Morgan fingerprint density at radius 1 is 1.60 bits per heavy atom. The largest absolute Gasteiger partial charge is 0.465 e. The van der Waals surface area contributed by atoms with E-state index in [9.17, 15) is 9.59 Å². The van der Waals surface area contributed by atoms with Crippen LogP contribution in [-0.4, -0.2) is 18.9 Å². The minimum atomic E-state index is -0.238. The highest BCUT2D eigenvalue weighted by Gasteiger charge is 1.98. The molecule has 57 valence electrons. The summed E-state index contributed by atoms with van der Waals surface area (Å²) in [7, 11) is 0. The number of carbonyl (C=O) groups excluding carboxylic acids is 2. The summed E-state index contributed by atoms with van der Waals surface area (Å²) in [6.45, 7) is 2.06. The minimum Gasteiger partial charge on any atom is -0.465 e. The number of hydrogen-bond acceptors (Lipinski definition) is 3. The molecule has 3 nitrogen and oxygen atoms in total. The first-order chi connectivity index (χ1) is 4.81. The van der Waals surface area contributed by atoms with E-state index in [4.69, 9.17) is 0 Å². The zero-order valence-corrected chi connectivity index (χ0v) is 6.05. The Balaban J connectivity index is 3.13. The molecular weight excluding hydrogens is 132 g/mol. The number of rotatable bonds is 5. The predicted octanol–water partition coefficient (Wildman–Crippen LogP) is 0.830. The average Bonchev–Trinajstić information content (AvgIpc) is 1.89. The van der Waals surface area contributed by atoms with E-state index in [-0.39, 0.29) is 19.0 Å². The van der Waals surface area contributed by atoms with Crippen LogP contribution in [0, 0.1) is 0 Å². The fraction of sp³-hybridized carbons (Fsp3) is 0.714. The van der Waals surface area contributed by atoms with E-state index < -0.39 is 0 Å². The lowest BCUT2D eigenvalue weighted by Gasteiger charge is -1.98. The number of esters is 1. The maximum absolute atomic E-state index is 10.6. The summed E-state index contributed by atoms with van der Waals surface area (Å²) < 4.78 is 4.62.